The molecule has 1 unspecified atom stereocenters. The highest BCUT2D eigenvalue weighted by Crippen LogP contribution is 2.31. The molecule has 0 aliphatic rings. The standard InChI is InChI=1S/C17H15FN2O3/c1-2-23-16(21)15(20-19)17(22,12-6-4-3-5-7-12)13-8-10-14(18)11-9-13/h3-11,22H,2H2,1H3. The van der Waals surface area contributed by atoms with E-state index in [1.54, 1.807) is 37.3 Å². The van der Waals surface area contributed by atoms with Gasteiger partial charge < -0.3 is 15.4 Å². The first kappa shape index (κ1) is 16.5. The molecule has 0 fully saturated rings. The molecule has 0 bridgehead atoms. The molecule has 2 aromatic carbocycles. The van der Waals surface area contributed by atoms with Crippen molar-refractivity contribution >= 4 is 11.7 Å². The monoisotopic (exact) mass is 314 g/mol. The first-order chi connectivity index (χ1) is 11.0. The van der Waals surface area contributed by atoms with Crippen molar-refractivity contribution in [2.24, 2.45) is 0 Å². The Morgan fingerprint density at radius 2 is 1.74 bits per heavy atom. The van der Waals surface area contributed by atoms with Crippen LogP contribution in [0.4, 0.5) is 4.39 Å². The molecule has 0 aliphatic carbocycles. The van der Waals surface area contributed by atoms with Crippen molar-refractivity contribution in [2.75, 3.05) is 6.61 Å². The maximum Gasteiger partial charge on any atom is 0.421 e. The van der Waals surface area contributed by atoms with Crippen LogP contribution in [-0.2, 0) is 15.1 Å². The van der Waals surface area contributed by atoms with Crippen molar-refractivity contribution < 1.29 is 23.8 Å². The van der Waals surface area contributed by atoms with E-state index in [-0.39, 0.29) is 17.7 Å². The normalized spacial score (nSPS) is 12.8. The molecule has 23 heavy (non-hydrogen) atoms. The van der Waals surface area contributed by atoms with Crippen LogP contribution >= 0.6 is 0 Å². The maximum atomic E-state index is 13.2. The van der Waals surface area contributed by atoms with E-state index in [0.29, 0.717) is 0 Å². The van der Waals surface area contributed by atoms with Crippen molar-refractivity contribution in [3.05, 3.63) is 77.1 Å². The topological polar surface area (TPSA) is 82.9 Å². The van der Waals surface area contributed by atoms with Gasteiger partial charge >= 0.3 is 11.7 Å². The number of benzene rings is 2. The molecule has 6 heteroatoms. The zero-order valence-corrected chi connectivity index (χ0v) is 12.4. The molecule has 0 saturated carbocycles. The molecule has 2 rings (SSSR count). The summed E-state index contributed by atoms with van der Waals surface area (Å²) in [6.07, 6.45) is 0. The van der Waals surface area contributed by atoms with Crippen molar-refractivity contribution in [1.29, 1.82) is 0 Å². The Hall–Kier alpha value is -2.82. The van der Waals surface area contributed by atoms with Crippen LogP contribution in [0.5, 0.6) is 0 Å². The largest absolute Gasteiger partial charge is 0.457 e. The number of hydrogen-bond acceptors (Lipinski definition) is 3. The summed E-state index contributed by atoms with van der Waals surface area (Å²) in [6, 6.07) is 13.1. The van der Waals surface area contributed by atoms with Gasteiger partial charge in [-0.1, -0.05) is 42.5 Å². The summed E-state index contributed by atoms with van der Waals surface area (Å²) in [5.41, 5.74) is 7.07. The molecular formula is C17H15FN2O3. The van der Waals surface area contributed by atoms with E-state index in [1.165, 1.54) is 12.1 Å². The number of aliphatic hydroxyl groups is 1. The SMILES string of the molecule is CCOC(=O)C(=[N+]=[N-])C(O)(c1ccccc1)c1ccc(F)cc1. The van der Waals surface area contributed by atoms with E-state index in [1.807, 2.05) is 0 Å². The second-order valence-corrected chi connectivity index (χ2v) is 4.75. The lowest BCUT2D eigenvalue weighted by atomic mass is 9.82. The third-order valence-corrected chi connectivity index (χ3v) is 3.37. The van der Waals surface area contributed by atoms with Gasteiger partial charge in [0.05, 0.1) is 6.61 Å². The number of ether oxygens (including phenoxy) is 1. The summed E-state index contributed by atoms with van der Waals surface area (Å²) in [5, 5.41) is 11.2. The van der Waals surface area contributed by atoms with Crippen LogP contribution in [0, 0.1) is 5.82 Å². The summed E-state index contributed by atoms with van der Waals surface area (Å²) < 4.78 is 18.0. The van der Waals surface area contributed by atoms with Crippen molar-refractivity contribution in [1.82, 2.24) is 0 Å². The van der Waals surface area contributed by atoms with Crippen molar-refractivity contribution in [2.45, 2.75) is 12.5 Å². The molecule has 2 aromatic rings. The van der Waals surface area contributed by atoms with Gasteiger partial charge in [0, 0.05) is 11.1 Å². The highest BCUT2D eigenvalue weighted by Gasteiger charge is 2.49. The van der Waals surface area contributed by atoms with E-state index in [9.17, 15) is 19.8 Å². The van der Waals surface area contributed by atoms with Crippen LogP contribution < -0.4 is 0 Å². The van der Waals surface area contributed by atoms with Crippen LogP contribution in [0.15, 0.2) is 54.6 Å². The lowest BCUT2D eigenvalue weighted by molar-refractivity contribution is -0.142. The molecule has 0 aromatic heterocycles. The van der Waals surface area contributed by atoms with Gasteiger partial charge in [0.2, 0.25) is 5.60 Å². The second kappa shape index (κ2) is 6.96. The van der Waals surface area contributed by atoms with E-state index in [4.69, 9.17) is 4.74 Å². The first-order valence-corrected chi connectivity index (χ1v) is 6.97. The molecule has 0 heterocycles. The predicted octanol–water partition coefficient (Wildman–Crippen LogP) is 2.30. The lowest BCUT2D eigenvalue weighted by Crippen LogP contribution is -2.43. The van der Waals surface area contributed by atoms with Gasteiger partial charge in [-0.05, 0) is 19.1 Å². The summed E-state index contributed by atoms with van der Waals surface area (Å²) in [7, 11) is 0. The Kier molecular flexibility index (Phi) is 5.01. The van der Waals surface area contributed by atoms with Crippen LogP contribution in [0.1, 0.15) is 18.1 Å². The zero-order valence-electron chi connectivity index (χ0n) is 12.4. The van der Waals surface area contributed by atoms with Crippen LogP contribution in [0.3, 0.4) is 0 Å². The number of nitrogens with zero attached hydrogens (tertiary/aromatic N) is 2. The molecule has 5 nitrogen and oxygen atoms in total. The van der Waals surface area contributed by atoms with Crippen LogP contribution in [0.2, 0.25) is 0 Å². The average molecular weight is 314 g/mol. The third kappa shape index (κ3) is 3.18. The Morgan fingerprint density at radius 3 is 2.26 bits per heavy atom. The number of rotatable bonds is 5. The number of esters is 1. The molecule has 0 radical (unpaired) electrons. The fourth-order valence-electron chi connectivity index (χ4n) is 2.27. The van der Waals surface area contributed by atoms with Gasteiger partial charge in [-0.25, -0.2) is 9.18 Å². The zero-order chi connectivity index (χ0) is 16.9. The minimum absolute atomic E-state index is 0.0478. The van der Waals surface area contributed by atoms with Crippen molar-refractivity contribution in [3.8, 4) is 0 Å². The van der Waals surface area contributed by atoms with Crippen molar-refractivity contribution in [3.63, 3.8) is 0 Å². The van der Waals surface area contributed by atoms with Gasteiger partial charge in [-0.15, -0.1) is 0 Å². The summed E-state index contributed by atoms with van der Waals surface area (Å²) >= 11 is 0. The van der Waals surface area contributed by atoms with Gasteiger partial charge in [-0.3, -0.25) is 0 Å². The van der Waals surface area contributed by atoms with Gasteiger partial charge in [0.15, 0.2) is 0 Å². The second-order valence-electron chi connectivity index (χ2n) is 4.75. The highest BCUT2D eigenvalue weighted by molar-refractivity contribution is 6.37. The molecule has 1 N–H and O–H groups in total. The van der Waals surface area contributed by atoms with Gasteiger partial charge in [0.25, 0.3) is 0 Å². The van der Waals surface area contributed by atoms with E-state index in [0.717, 1.165) is 12.1 Å². The summed E-state index contributed by atoms with van der Waals surface area (Å²) in [6.45, 7) is 1.64. The molecule has 1 atom stereocenters. The molecular weight excluding hydrogens is 299 g/mol. The Bertz CT molecular complexity index is 740. The minimum Gasteiger partial charge on any atom is -0.457 e. The molecule has 0 amide bonds. The fourth-order valence-corrected chi connectivity index (χ4v) is 2.27. The van der Waals surface area contributed by atoms with Gasteiger partial charge in [0.1, 0.15) is 5.82 Å². The third-order valence-electron chi connectivity index (χ3n) is 3.37. The quantitative estimate of drug-likeness (QED) is 0.398. The number of hydrogen-bond donors (Lipinski definition) is 1. The maximum absolute atomic E-state index is 13.2. The lowest BCUT2D eigenvalue weighted by Gasteiger charge is -2.24. The predicted molar refractivity (Wildman–Crippen MR) is 81.1 cm³/mol. The van der Waals surface area contributed by atoms with E-state index >= 15 is 0 Å². The summed E-state index contributed by atoms with van der Waals surface area (Å²) in [4.78, 5) is 15.0. The summed E-state index contributed by atoms with van der Waals surface area (Å²) in [5.74, 6) is -1.46. The fraction of sp³-hybridized carbons (Fsp3) is 0.176. The molecule has 0 spiro atoms. The smallest absolute Gasteiger partial charge is 0.421 e. The number of carbonyl (C=O) groups excluding carboxylic acids is 1. The van der Waals surface area contributed by atoms with Crippen LogP contribution in [-0.4, -0.2) is 28.2 Å². The molecule has 118 valence electrons. The van der Waals surface area contributed by atoms with Crippen LogP contribution in [0.25, 0.3) is 5.53 Å². The molecule has 0 saturated heterocycles. The Balaban J connectivity index is 2.67. The first-order valence-electron chi connectivity index (χ1n) is 6.97. The Labute approximate surface area is 132 Å². The van der Waals surface area contributed by atoms with E-state index in [2.05, 4.69) is 4.79 Å². The number of carbonyl (C=O) groups is 1. The van der Waals surface area contributed by atoms with Gasteiger partial charge in [-0.2, -0.15) is 4.79 Å². The minimum atomic E-state index is -2.07. The molecule has 0 aliphatic heterocycles. The Morgan fingerprint density at radius 1 is 1.17 bits per heavy atom. The van der Waals surface area contributed by atoms with E-state index < -0.39 is 23.1 Å². The highest BCUT2D eigenvalue weighted by atomic mass is 19.1. The average Bonchev–Trinajstić information content (AvgIpc) is 2.57. The number of halogens is 1.